The van der Waals surface area contributed by atoms with Crippen molar-refractivity contribution >= 4 is 0 Å². The van der Waals surface area contributed by atoms with E-state index < -0.39 is 5.92 Å². The molecular formula is C14H19F3N2. The monoisotopic (exact) mass is 272 g/mol. The van der Waals surface area contributed by atoms with Crippen LogP contribution in [0.2, 0.25) is 0 Å². The van der Waals surface area contributed by atoms with Gasteiger partial charge in [-0.2, -0.15) is 0 Å². The fraction of sp³-hybridized carbons (Fsp3) is 0.571. The highest BCUT2D eigenvalue weighted by Gasteiger charge is 2.40. The number of nitrogens with one attached hydrogen (secondary N) is 1. The summed E-state index contributed by atoms with van der Waals surface area (Å²) in [5, 5.41) is 0. The van der Waals surface area contributed by atoms with Crippen LogP contribution in [-0.2, 0) is 0 Å². The van der Waals surface area contributed by atoms with Gasteiger partial charge in [-0.05, 0) is 48.9 Å². The van der Waals surface area contributed by atoms with E-state index in [0.29, 0.717) is 12.8 Å². The fourth-order valence-corrected chi connectivity index (χ4v) is 2.84. The van der Waals surface area contributed by atoms with Gasteiger partial charge in [0.1, 0.15) is 5.82 Å². The number of benzene rings is 1. The van der Waals surface area contributed by atoms with Crippen LogP contribution in [-0.4, -0.2) is 5.92 Å². The van der Waals surface area contributed by atoms with Crippen molar-refractivity contribution in [2.75, 3.05) is 0 Å². The highest BCUT2D eigenvalue weighted by atomic mass is 19.3. The molecule has 0 amide bonds. The zero-order chi connectivity index (χ0) is 14.0. The van der Waals surface area contributed by atoms with Gasteiger partial charge in [0.2, 0.25) is 5.92 Å². The Hall–Kier alpha value is -1.07. The van der Waals surface area contributed by atoms with Crippen LogP contribution in [0.15, 0.2) is 18.2 Å². The Morgan fingerprint density at radius 2 is 2.16 bits per heavy atom. The summed E-state index contributed by atoms with van der Waals surface area (Å²) < 4.78 is 39.7. The number of nitrogens with two attached hydrogens (primary N) is 1. The minimum absolute atomic E-state index is 0.0584. The van der Waals surface area contributed by atoms with Gasteiger partial charge in [0.25, 0.3) is 0 Å². The summed E-state index contributed by atoms with van der Waals surface area (Å²) in [6.45, 7) is 1.80. The molecule has 0 aliphatic heterocycles. The van der Waals surface area contributed by atoms with Crippen molar-refractivity contribution in [1.29, 1.82) is 0 Å². The van der Waals surface area contributed by atoms with E-state index in [1.54, 1.807) is 6.92 Å². The predicted molar refractivity (Wildman–Crippen MR) is 68.1 cm³/mol. The molecule has 2 rings (SSSR count). The first kappa shape index (κ1) is 14.3. The molecule has 0 radical (unpaired) electrons. The summed E-state index contributed by atoms with van der Waals surface area (Å²) in [6, 6.07) is 4.39. The summed E-state index contributed by atoms with van der Waals surface area (Å²) in [4.78, 5) is 0. The lowest BCUT2D eigenvalue weighted by Crippen LogP contribution is -2.29. The Bertz CT molecular complexity index is 428. The van der Waals surface area contributed by atoms with E-state index in [2.05, 4.69) is 5.43 Å². The quantitative estimate of drug-likeness (QED) is 0.650. The third-order valence-corrected chi connectivity index (χ3v) is 3.74. The van der Waals surface area contributed by atoms with E-state index in [0.717, 1.165) is 11.1 Å². The van der Waals surface area contributed by atoms with Crippen LogP contribution in [0.4, 0.5) is 13.2 Å². The maximum Gasteiger partial charge on any atom is 0.248 e. The van der Waals surface area contributed by atoms with Crippen molar-refractivity contribution in [2.24, 2.45) is 11.8 Å². The summed E-state index contributed by atoms with van der Waals surface area (Å²) in [7, 11) is 0. The molecule has 1 aliphatic carbocycles. The van der Waals surface area contributed by atoms with E-state index in [-0.39, 0.29) is 30.6 Å². The molecule has 2 atom stereocenters. The van der Waals surface area contributed by atoms with Gasteiger partial charge in [-0.15, -0.1) is 0 Å². The molecule has 0 bridgehead atoms. The van der Waals surface area contributed by atoms with E-state index in [1.165, 1.54) is 12.1 Å². The maximum absolute atomic E-state index is 13.4. The van der Waals surface area contributed by atoms with Gasteiger partial charge in [0.05, 0.1) is 0 Å². The number of halogens is 3. The molecule has 1 fully saturated rings. The second kappa shape index (κ2) is 5.51. The highest BCUT2D eigenvalue weighted by molar-refractivity contribution is 5.26. The molecule has 2 nitrogen and oxygen atoms in total. The van der Waals surface area contributed by atoms with E-state index >= 15 is 0 Å². The van der Waals surface area contributed by atoms with Crippen molar-refractivity contribution in [3.63, 3.8) is 0 Å². The lowest BCUT2D eigenvalue weighted by Gasteiger charge is -2.21. The van der Waals surface area contributed by atoms with Gasteiger partial charge in [0, 0.05) is 18.9 Å². The average molecular weight is 272 g/mol. The molecule has 3 N–H and O–H groups in total. The SMILES string of the molecule is Cc1cc(F)cc(C(CC2CCC(F)(F)C2)NN)c1. The molecule has 2 unspecified atom stereocenters. The molecule has 0 aromatic heterocycles. The molecule has 106 valence electrons. The lowest BCUT2D eigenvalue weighted by molar-refractivity contribution is 0.00429. The molecule has 1 saturated carbocycles. The smallest absolute Gasteiger partial charge is 0.248 e. The van der Waals surface area contributed by atoms with Gasteiger partial charge in [-0.1, -0.05) is 6.07 Å². The van der Waals surface area contributed by atoms with Crippen LogP contribution in [0, 0.1) is 18.7 Å². The summed E-state index contributed by atoms with van der Waals surface area (Å²) in [6.07, 6.45) is 0.852. The van der Waals surface area contributed by atoms with Crippen LogP contribution in [0.5, 0.6) is 0 Å². The number of alkyl halides is 2. The van der Waals surface area contributed by atoms with Gasteiger partial charge in [0.15, 0.2) is 0 Å². The van der Waals surface area contributed by atoms with Crippen LogP contribution in [0.25, 0.3) is 0 Å². The van der Waals surface area contributed by atoms with Gasteiger partial charge in [-0.3, -0.25) is 11.3 Å². The third kappa shape index (κ3) is 3.70. The van der Waals surface area contributed by atoms with Gasteiger partial charge >= 0.3 is 0 Å². The molecule has 0 heterocycles. The molecular weight excluding hydrogens is 253 g/mol. The standard InChI is InChI=1S/C14H19F3N2/c1-9-4-11(7-12(15)5-9)13(19-18)6-10-2-3-14(16,17)8-10/h4-5,7,10,13,19H,2-3,6,8,18H2,1H3. The minimum Gasteiger partial charge on any atom is -0.271 e. The summed E-state index contributed by atoms with van der Waals surface area (Å²) in [5.74, 6) is 2.54. The van der Waals surface area contributed by atoms with Crippen LogP contribution in [0.1, 0.15) is 42.9 Å². The number of hydrazine groups is 1. The number of aryl methyl sites for hydroxylation is 1. The first-order valence-corrected chi connectivity index (χ1v) is 6.51. The number of hydrogen-bond donors (Lipinski definition) is 2. The Morgan fingerprint density at radius 3 is 2.68 bits per heavy atom. The summed E-state index contributed by atoms with van der Waals surface area (Å²) >= 11 is 0. The zero-order valence-corrected chi connectivity index (χ0v) is 10.9. The van der Waals surface area contributed by atoms with Crippen LogP contribution < -0.4 is 11.3 Å². The summed E-state index contributed by atoms with van der Waals surface area (Å²) in [5.41, 5.74) is 4.13. The Kier molecular flexibility index (Phi) is 4.16. The molecule has 5 heteroatoms. The van der Waals surface area contributed by atoms with Gasteiger partial charge in [-0.25, -0.2) is 13.2 Å². The topological polar surface area (TPSA) is 38.0 Å². The largest absolute Gasteiger partial charge is 0.271 e. The molecule has 1 aliphatic rings. The molecule has 19 heavy (non-hydrogen) atoms. The molecule has 1 aromatic carbocycles. The van der Waals surface area contributed by atoms with Crippen molar-refractivity contribution in [3.8, 4) is 0 Å². The number of hydrogen-bond acceptors (Lipinski definition) is 2. The van der Waals surface area contributed by atoms with Gasteiger partial charge < -0.3 is 0 Å². The van der Waals surface area contributed by atoms with Crippen LogP contribution >= 0.6 is 0 Å². The first-order chi connectivity index (χ1) is 8.89. The molecule has 1 aromatic rings. The van der Waals surface area contributed by atoms with Crippen molar-refractivity contribution in [1.82, 2.24) is 5.43 Å². The molecule has 0 spiro atoms. The second-order valence-corrected chi connectivity index (χ2v) is 5.48. The minimum atomic E-state index is -2.55. The maximum atomic E-state index is 13.4. The normalized spacial score (nSPS) is 23.5. The highest BCUT2D eigenvalue weighted by Crippen LogP contribution is 2.42. The van der Waals surface area contributed by atoms with Crippen LogP contribution in [0.3, 0.4) is 0 Å². The Balaban J connectivity index is 2.08. The Morgan fingerprint density at radius 1 is 1.42 bits per heavy atom. The van der Waals surface area contributed by atoms with E-state index in [1.807, 2.05) is 6.07 Å². The van der Waals surface area contributed by atoms with Crippen molar-refractivity contribution in [2.45, 2.75) is 44.6 Å². The average Bonchev–Trinajstić information content (AvgIpc) is 2.64. The second-order valence-electron chi connectivity index (χ2n) is 5.48. The van der Waals surface area contributed by atoms with E-state index in [9.17, 15) is 13.2 Å². The third-order valence-electron chi connectivity index (χ3n) is 3.74. The lowest BCUT2D eigenvalue weighted by atomic mass is 9.93. The first-order valence-electron chi connectivity index (χ1n) is 6.51. The fourth-order valence-electron chi connectivity index (χ4n) is 2.84. The Labute approximate surface area is 111 Å². The molecule has 0 saturated heterocycles. The zero-order valence-electron chi connectivity index (χ0n) is 10.9. The van der Waals surface area contributed by atoms with Crippen molar-refractivity contribution < 1.29 is 13.2 Å². The van der Waals surface area contributed by atoms with Crippen molar-refractivity contribution in [3.05, 3.63) is 35.1 Å². The number of rotatable bonds is 4. The van der Waals surface area contributed by atoms with E-state index in [4.69, 9.17) is 5.84 Å². The predicted octanol–water partition coefficient (Wildman–Crippen LogP) is 3.46.